The van der Waals surface area contributed by atoms with Gasteiger partial charge in [0, 0.05) is 48.7 Å². The van der Waals surface area contributed by atoms with Crippen molar-refractivity contribution in [3.05, 3.63) is 59.7 Å². The van der Waals surface area contributed by atoms with Crippen LogP contribution in [0.3, 0.4) is 0 Å². The first-order valence-electron chi connectivity index (χ1n) is 10.9. The van der Waals surface area contributed by atoms with E-state index in [1.54, 1.807) is 0 Å². The minimum atomic E-state index is 0.0892. The molecule has 0 aromatic heterocycles. The molecule has 0 heterocycles. The summed E-state index contributed by atoms with van der Waals surface area (Å²) in [6.07, 6.45) is 4.76. The Labute approximate surface area is 171 Å². The molecule has 0 aliphatic carbocycles. The number of hydrogen-bond acceptors (Lipinski definition) is 3. The van der Waals surface area contributed by atoms with E-state index in [1.165, 1.54) is 37.1 Å². The smallest absolute Gasteiger partial charge is 0.193 e. The van der Waals surface area contributed by atoms with Crippen LogP contribution >= 0.6 is 0 Å². The summed E-state index contributed by atoms with van der Waals surface area (Å²) < 4.78 is 0. The fraction of sp³-hybridized carbons (Fsp3) is 0.480. The van der Waals surface area contributed by atoms with Gasteiger partial charge in [0.15, 0.2) is 5.78 Å². The highest BCUT2D eigenvalue weighted by Crippen LogP contribution is 2.20. The fourth-order valence-corrected chi connectivity index (χ4v) is 3.45. The van der Waals surface area contributed by atoms with Gasteiger partial charge in [-0.05, 0) is 75.2 Å². The van der Waals surface area contributed by atoms with Crippen LogP contribution in [0.1, 0.15) is 69.3 Å². The third-order valence-electron chi connectivity index (χ3n) is 5.32. The van der Waals surface area contributed by atoms with Gasteiger partial charge in [-0.2, -0.15) is 0 Å². The summed E-state index contributed by atoms with van der Waals surface area (Å²) in [4.78, 5) is 17.6. The molecule has 3 nitrogen and oxygen atoms in total. The average Bonchev–Trinajstić information content (AvgIpc) is 2.75. The number of ketones is 1. The summed E-state index contributed by atoms with van der Waals surface area (Å²) in [6, 6.07) is 16.1. The maximum Gasteiger partial charge on any atom is 0.193 e. The minimum Gasteiger partial charge on any atom is -0.372 e. The van der Waals surface area contributed by atoms with E-state index in [0.717, 1.165) is 37.3 Å². The lowest BCUT2D eigenvalue weighted by atomic mass is 10.0. The van der Waals surface area contributed by atoms with E-state index in [0.29, 0.717) is 0 Å². The normalized spacial score (nSPS) is 10.7. The number of benzene rings is 2. The molecule has 0 aliphatic rings. The Morgan fingerprint density at radius 1 is 0.643 bits per heavy atom. The zero-order valence-corrected chi connectivity index (χ0v) is 18.1. The van der Waals surface area contributed by atoms with Crippen molar-refractivity contribution in [2.45, 2.75) is 53.4 Å². The quantitative estimate of drug-likeness (QED) is 0.411. The van der Waals surface area contributed by atoms with Crippen LogP contribution in [-0.4, -0.2) is 32.0 Å². The van der Waals surface area contributed by atoms with Crippen molar-refractivity contribution < 1.29 is 4.79 Å². The van der Waals surface area contributed by atoms with Crippen LogP contribution in [0.4, 0.5) is 11.4 Å². The van der Waals surface area contributed by atoms with Crippen molar-refractivity contribution in [1.82, 2.24) is 0 Å². The Morgan fingerprint density at radius 2 is 1.00 bits per heavy atom. The highest BCUT2D eigenvalue weighted by molar-refractivity contribution is 6.09. The molecule has 0 saturated carbocycles. The second-order valence-electron chi connectivity index (χ2n) is 7.29. The number of carbonyl (C=O) groups excluding carboxylic acids is 1. The molecule has 0 atom stereocenters. The summed E-state index contributed by atoms with van der Waals surface area (Å²) in [5.41, 5.74) is 3.89. The molecule has 28 heavy (non-hydrogen) atoms. The molecule has 0 saturated heterocycles. The first-order valence-corrected chi connectivity index (χ1v) is 10.9. The maximum atomic E-state index is 12.9. The van der Waals surface area contributed by atoms with E-state index in [1.807, 2.05) is 24.3 Å². The van der Waals surface area contributed by atoms with Crippen LogP contribution in [-0.2, 0) is 0 Å². The van der Waals surface area contributed by atoms with Crippen LogP contribution in [0, 0.1) is 0 Å². The molecule has 0 fully saturated rings. The molecule has 0 bridgehead atoms. The van der Waals surface area contributed by atoms with Gasteiger partial charge in [0.05, 0.1) is 0 Å². The Kier molecular flexibility index (Phi) is 9.06. The minimum absolute atomic E-state index is 0.0892. The van der Waals surface area contributed by atoms with Crippen LogP contribution in [0.15, 0.2) is 48.5 Å². The summed E-state index contributed by atoms with van der Waals surface area (Å²) >= 11 is 0. The van der Waals surface area contributed by atoms with Crippen molar-refractivity contribution in [3.8, 4) is 0 Å². The zero-order valence-electron chi connectivity index (χ0n) is 18.1. The molecule has 3 heteroatoms. The van der Waals surface area contributed by atoms with Crippen LogP contribution in [0.2, 0.25) is 0 Å². The van der Waals surface area contributed by atoms with Crippen LogP contribution in [0.25, 0.3) is 0 Å². The molecule has 0 spiro atoms. The number of carbonyl (C=O) groups is 1. The molecule has 0 aliphatic heterocycles. The number of unbranched alkanes of at least 4 members (excludes halogenated alkanes) is 2. The summed E-state index contributed by atoms with van der Waals surface area (Å²) in [5, 5.41) is 0. The predicted molar refractivity (Wildman–Crippen MR) is 122 cm³/mol. The topological polar surface area (TPSA) is 23.6 Å². The highest BCUT2D eigenvalue weighted by Gasteiger charge is 2.11. The van der Waals surface area contributed by atoms with Gasteiger partial charge in [-0.3, -0.25) is 4.79 Å². The first kappa shape index (κ1) is 22.0. The van der Waals surface area contributed by atoms with Gasteiger partial charge in [-0.25, -0.2) is 0 Å². The molecule has 2 aromatic rings. The SMILES string of the molecule is CCCCN(CC)c1ccc(C(=O)c2ccc(N(CC)CCCC)cc2)cc1. The summed E-state index contributed by atoms with van der Waals surface area (Å²) in [7, 11) is 0. The molecule has 0 N–H and O–H groups in total. The summed E-state index contributed by atoms with van der Waals surface area (Å²) in [5.74, 6) is 0.0892. The largest absolute Gasteiger partial charge is 0.372 e. The molecule has 2 rings (SSSR count). The van der Waals surface area contributed by atoms with Gasteiger partial charge in [-0.1, -0.05) is 26.7 Å². The molecule has 0 radical (unpaired) electrons. The molecule has 0 unspecified atom stereocenters. The van der Waals surface area contributed by atoms with Crippen molar-refractivity contribution >= 4 is 17.2 Å². The molecular formula is C25H36N2O. The Hall–Kier alpha value is -2.29. The van der Waals surface area contributed by atoms with Gasteiger partial charge in [0.25, 0.3) is 0 Å². The lowest BCUT2D eigenvalue weighted by Gasteiger charge is -2.23. The van der Waals surface area contributed by atoms with Crippen molar-refractivity contribution in [2.24, 2.45) is 0 Å². The predicted octanol–water partition coefficient (Wildman–Crippen LogP) is 6.17. The molecule has 2 aromatic carbocycles. The number of anilines is 2. The second kappa shape index (κ2) is 11.5. The third-order valence-corrected chi connectivity index (χ3v) is 5.32. The van der Waals surface area contributed by atoms with Crippen LogP contribution in [0.5, 0.6) is 0 Å². The van der Waals surface area contributed by atoms with E-state index in [-0.39, 0.29) is 5.78 Å². The second-order valence-corrected chi connectivity index (χ2v) is 7.29. The lowest BCUT2D eigenvalue weighted by Crippen LogP contribution is -2.23. The third kappa shape index (κ3) is 5.85. The van der Waals surface area contributed by atoms with E-state index >= 15 is 0 Å². The lowest BCUT2D eigenvalue weighted by molar-refractivity contribution is 0.103. The first-order chi connectivity index (χ1) is 13.6. The van der Waals surface area contributed by atoms with Crippen molar-refractivity contribution in [2.75, 3.05) is 36.0 Å². The van der Waals surface area contributed by atoms with Gasteiger partial charge in [0.2, 0.25) is 0 Å². The Balaban J connectivity index is 2.08. The van der Waals surface area contributed by atoms with Gasteiger partial charge in [0.1, 0.15) is 0 Å². The standard InChI is InChI=1S/C25H36N2O/c1-5-9-19-26(7-3)23-15-11-21(12-16-23)25(28)22-13-17-24(18-14-22)27(8-4)20-10-6-2/h11-18H,5-10,19-20H2,1-4H3. The van der Waals surface area contributed by atoms with Crippen molar-refractivity contribution in [1.29, 1.82) is 0 Å². The van der Waals surface area contributed by atoms with E-state index in [9.17, 15) is 4.79 Å². The number of rotatable bonds is 12. The van der Waals surface area contributed by atoms with E-state index in [4.69, 9.17) is 0 Å². The Bertz CT molecular complexity index is 645. The van der Waals surface area contributed by atoms with Gasteiger partial charge >= 0.3 is 0 Å². The zero-order chi connectivity index (χ0) is 20.4. The number of hydrogen-bond donors (Lipinski definition) is 0. The molecule has 0 amide bonds. The summed E-state index contributed by atoms with van der Waals surface area (Å²) in [6.45, 7) is 12.9. The van der Waals surface area contributed by atoms with Gasteiger partial charge in [-0.15, -0.1) is 0 Å². The van der Waals surface area contributed by atoms with Gasteiger partial charge < -0.3 is 9.80 Å². The fourth-order valence-electron chi connectivity index (χ4n) is 3.45. The van der Waals surface area contributed by atoms with E-state index < -0.39 is 0 Å². The maximum absolute atomic E-state index is 12.9. The number of nitrogens with zero attached hydrogens (tertiary/aromatic N) is 2. The monoisotopic (exact) mass is 380 g/mol. The van der Waals surface area contributed by atoms with Crippen LogP contribution < -0.4 is 9.80 Å². The average molecular weight is 381 g/mol. The molecule has 152 valence electrons. The Morgan fingerprint density at radius 3 is 1.29 bits per heavy atom. The highest BCUT2D eigenvalue weighted by atomic mass is 16.1. The molecular weight excluding hydrogens is 344 g/mol. The van der Waals surface area contributed by atoms with E-state index in [2.05, 4.69) is 61.8 Å². The van der Waals surface area contributed by atoms with Crippen molar-refractivity contribution in [3.63, 3.8) is 0 Å².